The number of amides is 3. The number of carbonyl (C=O) groups is 4. The number of piperidine rings is 4. The van der Waals surface area contributed by atoms with Crippen molar-refractivity contribution < 1.29 is 52.1 Å². The summed E-state index contributed by atoms with van der Waals surface area (Å²) in [5, 5.41) is 39.7. The van der Waals surface area contributed by atoms with Crippen LogP contribution >= 0.6 is 0 Å². The molecule has 74 heavy (non-hydrogen) atoms. The van der Waals surface area contributed by atoms with Gasteiger partial charge in [-0.1, -0.05) is 43.8 Å². The smallest absolute Gasteiger partial charge is 0.356 e. The Bertz CT molecular complexity index is 2670. The first-order chi connectivity index (χ1) is 34.7. The maximum Gasteiger partial charge on any atom is 0.356 e. The number of alkyl halides is 4. The van der Waals surface area contributed by atoms with Crippen LogP contribution in [-0.2, 0) is 48.4 Å². The second kappa shape index (κ2) is 23.5. The molecule has 4 saturated heterocycles. The number of hydrogen-bond donors (Lipinski definition) is 4. The number of aliphatic hydroxyl groups is 2. The Morgan fingerprint density at radius 1 is 0.608 bits per heavy atom. The van der Waals surface area contributed by atoms with Gasteiger partial charge in [0, 0.05) is 48.7 Å². The van der Waals surface area contributed by atoms with Crippen LogP contribution in [0.15, 0.2) is 36.4 Å². The van der Waals surface area contributed by atoms with Crippen molar-refractivity contribution in [3.05, 3.63) is 104 Å². The number of carboxylic acids is 1. The molecule has 0 radical (unpaired) electrons. The number of aromatic carboxylic acids is 1. The standard InChI is InChI=1S/C27H34F2N4O3.C22H25F2N3O3.C5H11NO.CH4/c1-17-5-3-6-20(18(17)2)22-11-14-32(16-27(22,28)29)24(35)15-33-23-8-4-7-21(23)25(30-33)26(36)31-12-9-19(34)10-13-31;1-13-5-3-6-15(14(13)2)17-9-10-26(12-22(17,23)24)19(28)11-27-18-8-4-7-16(18)20(25-27)21(29)30;7-5-1-3-6-4-2-5;/h3,5-6,19,22,34H,4,7-16H2,1-2H3;3,5-6,17H,4,7-12H2,1-2H3,(H,29,30);5-7H,1-4H2;1H4. The van der Waals surface area contributed by atoms with Crippen LogP contribution in [0.25, 0.3) is 0 Å². The summed E-state index contributed by atoms with van der Waals surface area (Å²) in [4.78, 5) is 54.6. The maximum atomic E-state index is 15.3. The summed E-state index contributed by atoms with van der Waals surface area (Å²) in [5.74, 6) is -10.1. The zero-order valence-electron chi connectivity index (χ0n) is 42.4. The highest BCUT2D eigenvalue weighted by molar-refractivity contribution is 5.94. The number of benzene rings is 2. The van der Waals surface area contributed by atoms with Gasteiger partial charge in [0.15, 0.2) is 11.4 Å². The Balaban J connectivity index is 0.000000191. The number of carbonyl (C=O) groups excluding carboxylic acids is 3. The van der Waals surface area contributed by atoms with Gasteiger partial charge in [0.05, 0.1) is 37.1 Å². The van der Waals surface area contributed by atoms with Gasteiger partial charge in [-0.15, -0.1) is 0 Å². The Labute approximate surface area is 431 Å². The number of nitrogens with one attached hydrogen (secondary N) is 1. The van der Waals surface area contributed by atoms with Crippen LogP contribution in [0.3, 0.4) is 0 Å². The van der Waals surface area contributed by atoms with Crippen molar-refractivity contribution in [2.24, 2.45) is 0 Å². The van der Waals surface area contributed by atoms with E-state index in [1.54, 1.807) is 27.8 Å². The fourth-order valence-corrected chi connectivity index (χ4v) is 11.5. The minimum absolute atomic E-state index is 0. The van der Waals surface area contributed by atoms with E-state index in [1.165, 1.54) is 14.5 Å². The molecule has 0 spiro atoms. The lowest BCUT2D eigenvalue weighted by Crippen LogP contribution is -2.50. The molecule has 2 aromatic carbocycles. The van der Waals surface area contributed by atoms with E-state index in [1.807, 2.05) is 45.9 Å². The Kier molecular flexibility index (Phi) is 17.8. The fourth-order valence-electron chi connectivity index (χ4n) is 11.5. The van der Waals surface area contributed by atoms with Crippen molar-refractivity contribution in [3.8, 4) is 0 Å². The first kappa shape index (κ1) is 56.1. The zero-order chi connectivity index (χ0) is 52.4. The van der Waals surface area contributed by atoms with Gasteiger partial charge in [0.1, 0.15) is 13.1 Å². The van der Waals surface area contributed by atoms with Crippen LogP contribution in [0.2, 0.25) is 0 Å². The molecule has 2 atom stereocenters. The molecular weight excluding hydrogens is 961 g/mol. The topological polar surface area (TPSA) is 186 Å². The molecule has 6 heterocycles. The van der Waals surface area contributed by atoms with Gasteiger partial charge in [0.2, 0.25) is 11.8 Å². The van der Waals surface area contributed by atoms with Crippen LogP contribution in [0, 0.1) is 27.7 Å². The van der Waals surface area contributed by atoms with E-state index in [0.29, 0.717) is 67.6 Å². The molecule has 0 saturated carbocycles. The van der Waals surface area contributed by atoms with Gasteiger partial charge in [-0.2, -0.15) is 10.2 Å². The van der Waals surface area contributed by atoms with Crippen LogP contribution < -0.4 is 5.32 Å². The Morgan fingerprint density at radius 3 is 1.45 bits per heavy atom. The Morgan fingerprint density at radius 2 is 1.03 bits per heavy atom. The molecule has 10 rings (SSSR count). The number of hydrogen-bond acceptors (Lipinski definition) is 9. The van der Waals surface area contributed by atoms with Gasteiger partial charge >= 0.3 is 5.97 Å². The predicted octanol–water partition coefficient (Wildman–Crippen LogP) is 6.94. The third-order valence-corrected chi connectivity index (χ3v) is 16.0. The quantitative estimate of drug-likeness (QED) is 0.135. The number of aromatic nitrogens is 4. The van der Waals surface area contributed by atoms with Gasteiger partial charge < -0.3 is 35.3 Å². The van der Waals surface area contributed by atoms with E-state index in [9.17, 15) is 29.4 Å². The average molecular weight is 1040 g/mol. The van der Waals surface area contributed by atoms with E-state index in [0.717, 1.165) is 84.4 Å². The molecule has 2 unspecified atom stereocenters. The highest BCUT2D eigenvalue weighted by Crippen LogP contribution is 2.43. The summed E-state index contributed by atoms with van der Waals surface area (Å²) < 4.78 is 63.6. The molecule has 15 nitrogen and oxygen atoms in total. The minimum Gasteiger partial charge on any atom is -0.476 e. The zero-order valence-corrected chi connectivity index (χ0v) is 42.4. The van der Waals surface area contributed by atoms with Gasteiger partial charge in [-0.25, -0.2) is 22.4 Å². The number of nitrogens with zero attached hydrogens (tertiary/aromatic N) is 7. The summed E-state index contributed by atoms with van der Waals surface area (Å²) in [6, 6.07) is 11.0. The number of fused-ring (bicyclic) bond motifs is 2. The highest BCUT2D eigenvalue weighted by atomic mass is 19.3. The number of aryl methyl sites for hydroxylation is 2. The maximum absolute atomic E-state index is 15.3. The number of rotatable bonds is 8. The SMILES string of the molecule is C.Cc1cccc(C2CCN(C(=O)Cn3nc(C(=O)N4CCC(O)CC4)c4c3CCC4)CC2(F)F)c1C.Cc1cccc(C2CCN(C(=O)Cn3nc(C(=O)O)c4c3CCC4)CC2(F)F)c1C.OC1CCNCC1. The van der Waals surface area contributed by atoms with E-state index in [-0.39, 0.29) is 70.3 Å². The first-order valence-electron chi connectivity index (χ1n) is 25.9. The summed E-state index contributed by atoms with van der Waals surface area (Å²) in [7, 11) is 0. The molecular formula is C55H74F4N8O7. The predicted molar refractivity (Wildman–Crippen MR) is 271 cm³/mol. The largest absolute Gasteiger partial charge is 0.476 e. The normalized spacial score (nSPS) is 21.4. The molecule has 4 fully saturated rings. The molecule has 4 aromatic rings. The third-order valence-electron chi connectivity index (χ3n) is 16.0. The first-order valence-corrected chi connectivity index (χ1v) is 25.9. The lowest BCUT2D eigenvalue weighted by atomic mass is 9.83. The van der Waals surface area contributed by atoms with Crippen LogP contribution in [-0.4, -0.2) is 150 Å². The lowest BCUT2D eigenvalue weighted by Gasteiger charge is -2.39. The number of halogens is 4. The van der Waals surface area contributed by atoms with Crippen molar-refractivity contribution in [1.82, 2.24) is 39.6 Å². The van der Waals surface area contributed by atoms with Crippen molar-refractivity contribution in [2.45, 2.75) is 161 Å². The van der Waals surface area contributed by atoms with E-state index in [2.05, 4.69) is 15.5 Å². The summed E-state index contributed by atoms with van der Waals surface area (Å²) in [5.41, 5.74) is 8.48. The molecule has 4 aliphatic heterocycles. The van der Waals surface area contributed by atoms with Crippen LogP contribution in [0.4, 0.5) is 17.6 Å². The van der Waals surface area contributed by atoms with Gasteiger partial charge in [-0.05, 0) is 151 Å². The molecule has 3 amide bonds. The van der Waals surface area contributed by atoms with Crippen LogP contribution in [0.5, 0.6) is 0 Å². The van der Waals surface area contributed by atoms with Crippen molar-refractivity contribution >= 4 is 23.7 Å². The molecule has 404 valence electrons. The number of carboxylic acid groups (broad SMARTS) is 1. The third kappa shape index (κ3) is 12.2. The average Bonchev–Trinajstić information content (AvgIpc) is 4.16. The fraction of sp³-hybridized carbons (Fsp3) is 0.600. The second-order valence-corrected chi connectivity index (χ2v) is 20.8. The summed E-state index contributed by atoms with van der Waals surface area (Å²) in [6.45, 7) is 9.39. The molecule has 2 aliphatic carbocycles. The summed E-state index contributed by atoms with van der Waals surface area (Å²) >= 11 is 0. The van der Waals surface area contributed by atoms with Crippen LogP contribution in [0.1, 0.15) is 148 Å². The highest BCUT2D eigenvalue weighted by Gasteiger charge is 2.48. The minimum atomic E-state index is -3.04. The van der Waals surface area contributed by atoms with Crippen molar-refractivity contribution in [3.63, 3.8) is 0 Å². The van der Waals surface area contributed by atoms with Crippen molar-refractivity contribution in [2.75, 3.05) is 52.4 Å². The number of likely N-dealkylation sites (tertiary alicyclic amines) is 3. The molecule has 19 heteroatoms. The van der Waals surface area contributed by atoms with E-state index < -0.39 is 54.6 Å². The van der Waals surface area contributed by atoms with E-state index in [4.69, 9.17) is 5.11 Å². The Hall–Kier alpha value is -5.66. The van der Waals surface area contributed by atoms with E-state index >= 15 is 17.6 Å². The molecule has 4 N–H and O–H groups in total. The van der Waals surface area contributed by atoms with Gasteiger partial charge in [0.25, 0.3) is 17.8 Å². The van der Waals surface area contributed by atoms with Crippen molar-refractivity contribution in [1.29, 1.82) is 0 Å². The molecule has 0 bridgehead atoms. The second-order valence-electron chi connectivity index (χ2n) is 20.8. The molecule has 6 aliphatic rings. The summed E-state index contributed by atoms with van der Waals surface area (Å²) in [6.07, 6.45) is 7.30. The monoisotopic (exact) mass is 1030 g/mol. The molecule has 2 aromatic heterocycles. The number of aliphatic hydroxyl groups excluding tert-OH is 2. The lowest BCUT2D eigenvalue weighted by molar-refractivity contribution is -0.145. The van der Waals surface area contributed by atoms with Gasteiger partial charge in [-0.3, -0.25) is 23.7 Å².